The zero-order valence-corrected chi connectivity index (χ0v) is 34.9. The molecule has 6 nitrogen and oxygen atoms in total. The number of ether oxygens (including phenoxy) is 5. The second kappa shape index (κ2) is 33.7. The van der Waals surface area contributed by atoms with Gasteiger partial charge in [-0.05, 0) is 61.6 Å². The number of benzene rings is 1. The first-order chi connectivity index (χ1) is 25.5. The molecule has 0 amide bonds. The van der Waals surface area contributed by atoms with E-state index < -0.39 is 5.41 Å². The molecule has 0 aliphatic rings. The molecule has 0 saturated heterocycles. The van der Waals surface area contributed by atoms with E-state index in [2.05, 4.69) is 40.7 Å². The molecule has 52 heavy (non-hydrogen) atoms. The van der Waals surface area contributed by atoms with Gasteiger partial charge in [0.25, 0.3) is 0 Å². The van der Waals surface area contributed by atoms with Crippen molar-refractivity contribution >= 4 is 5.97 Å². The van der Waals surface area contributed by atoms with Crippen LogP contribution in [0.2, 0.25) is 0 Å². The molecule has 1 unspecified atom stereocenters. The molecule has 302 valence electrons. The average Bonchev–Trinajstić information content (AvgIpc) is 3.16. The Morgan fingerprint density at radius 2 is 1.08 bits per heavy atom. The number of methoxy groups -OCH3 is 1. The number of allylic oxidation sites excluding steroid dienone is 1. The van der Waals surface area contributed by atoms with Crippen molar-refractivity contribution in [2.45, 2.75) is 176 Å². The maximum Gasteiger partial charge on any atom is 0.330 e. The van der Waals surface area contributed by atoms with Crippen LogP contribution in [0.4, 0.5) is 0 Å². The van der Waals surface area contributed by atoms with Crippen LogP contribution in [0.3, 0.4) is 0 Å². The van der Waals surface area contributed by atoms with Crippen LogP contribution in [0.1, 0.15) is 175 Å². The van der Waals surface area contributed by atoms with Gasteiger partial charge in [0.1, 0.15) is 12.4 Å². The highest BCUT2D eigenvalue weighted by Gasteiger charge is 2.34. The van der Waals surface area contributed by atoms with E-state index in [1.165, 1.54) is 116 Å². The van der Waals surface area contributed by atoms with Gasteiger partial charge in [-0.15, -0.1) is 0 Å². The molecule has 0 bridgehead atoms. The standard InChI is InChI=1S/C46H82O6/c1-7-12-17-19-21-23-34-49-37-46(38-50-35-24-22-20-18-13-8-2,39-51-36-41-28-31-44(48-6)32-29-41)40-52-45(47)33-30-43(27-16-11-5)42(25-14-9-3)26-15-10-4/h28-33,42-43H,7-27,34-40H2,1-6H3. The number of hydrogen-bond acceptors (Lipinski definition) is 6. The van der Waals surface area contributed by atoms with Crippen LogP contribution in [-0.4, -0.2) is 52.7 Å². The molecule has 0 aliphatic carbocycles. The fourth-order valence-corrected chi connectivity index (χ4v) is 6.81. The van der Waals surface area contributed by atoms with Crippen molar-refractivity contribution < 1.29 is 28.5 Å². The summed E-state index contributed by atoms with van der Waals surface area (Å²) in [5, 5.41) is 0. The van der Waals surface area contributed by atoms with E-state index in [4.69, 9.17) is 23.7 Å². The predicted octanol–water partition coefficient (Wildman–Crippen LogP) is 12.9. The van der Waals surface area contributed by atoms with Crippen LogP contribution < -0.4 is 4.74 Å². The molecule has 0 heterocycles. The molecule has 1 rings (SSSR count). The van der Waals surface area contributed by atoms with E-state index in [1.54, 1.807) is 13.2 Å². The van der Waals surface area contributed by atoms with Crippen LogP contribution in [0.25, 0.3) is 0 Å². The Kier molecular flexibility index (Phi) is 31.2. The second-order valence-corrected chi connectivity index (χ2v) is 15.3. The van der Waals surface area contributed by atoms with E-state index in [0.29, 0.717) is 51.5 Å². The molecule has 0 spiro atoms. The Bertz CT molecular complexity index is 932. The number of carbonyl (C=O) groups excluding carboxylic acids is 1. The molecule has 0 radical (unpaired) electrons. The van der Waals surface area contributed by atoms with Crippen molar-refractivity contribution in [3.63, 3.8) is 0 Å². The summed E-state index contributed by atoms with van der Waals surface area (Å²) in [6.07, 6.45) is 29.3. The van der Waals surface area contributed by atoms with Gasteiger partial charge in [0.05, 0.1) is 39.0 Å². The van der Waals surface area contributed by atoms with Gasteiger partial charge in [0, 0.05) is 19.3 Å². The van der Waals surface area contributed by atoms with Crippen molar-refractivity contribution in [3.8, 4) is 5.75 Å². The van der Waals surface area contributed by atoms with Gasteiger partial charge in [-0.25, -0.2) is 4.79 Å². The molecule has 0 N–H and O–H groups in total. The van der Waals surface area contributed by atoms with Crippen molar-refractivity contribution in [2.75, 3.05) is 46.8 Å². The Hall–Kier alpha value is -1.89. The van der Waals surface area contributed by atoms with Gasteiger partial charge in [0.15, 0.2) is 0 Å². The highest BCUT2D eigenvalue weighted by Crippen LogP contribution is 2.30. The first-order valence-electron chi connectivity index (χ1n) is 21.7. The predicted molar refractivity (Wildman–Crippen MR) is 219 cm³/mol. The fraction of sp³-hybridized carbons (Fsp3) is 0.804. The summed E-state index contributed by atoms with van der Waals surface area (Å²) in [6, 6.07) is 7.96. The lowest BCUT2D eigenvalue weighted by Gasteiger charge is -2.32. The monoisotopic (exact) mass is 731 g/mol. The first-order valence-corrected chi connectivity index (χ1v) is 21.7. The number of esters is 1. The van der Waals surface area contributed by atoms with Crippen molar-refractivity contribution in [2.24, 2.45) is 17.3 Å². The minimum absolute atomic E-state index is 0.195. The molecule has 0 saturated carbocycles. The van der Waals surface area contributed by atoms with E-state index in [1.807, 2.05) is 24.3 Å². The maximum absolute atomic E-state index is 13.4. The maximum atomic E-state index is 13.4. The lowest BCUT2D eigenvalue weighted by molar-refractivity contribution is -0.151. The van der Waals surface area contributed by atoms with Crippen LogP contribution in [0.15, 0.2) is 36.4 Å². The van der Waals surface area contributed by atoms with Crippen molar-refractivity contribution in [1.29, 1.82) is 0 Å². The second-order valence-electron chi connectivity index (χ2n) is 15.3. The van der Waals surface area contributed by atoms with E-state index >= 15 is 0 Å². The molecule has 1 aromatic rings. The normalized spacial score (nSPS) is 12.6. The Balaban J connectivity index is 3.09. The van der Waals surface area contributed by atoms with Crippen LogP contribution in [-0.2, 0) is 30.3 Å². The van der Waals surface area contributed by atoms with Crippen LogP contribution in [0, 0.1) is 17.3 Å². The Morgan fingerprint density at radius 1 is 0.596 bits per heavy atom. The quantitative estimate of drug-likeness (QED) is 0.0386. The highest BCUT2D eigenvalue weighted by molar-refractivity contribution is 5.81. The molecular weight excluding hydrogens is 648 g/mol. The largest absolute Gasteiger partial charge is 0.497 e. The summed E-state index contributed by atoms with van der Waals surface area (Å²) in [7, 11) is 1.68. The first kappa shape index (κ1) is 48.1. The molecule has 0 aromatic heterocycles. The van der Waals surface area contributed by atoms with Gasteiger partial charge < -0.3 is 23.7 Å². The topological polar surface area (TPSA) is 63.2 Å². The molecule has 6 heteroatoms. The molecule has 1 atom stereocenters. The number of carbonyl (C=O) groups is 1. The average molecular weight is 731 g/mol. The van der Waals surface area contributed by atoms with Gasteiger partial charge >= 0.3 is 5.97 Å². The number of rotatable bonds is 37. The third-order valence-electron chi connectivity index (χ3n) is 10.3. The summed E-state index contributed by atoms with van der Waals surface area (Å²) in [6.45, 7) is 14.5. The summed E-state index contributed by atoms with van der Waals surface area (Å²) >= 11 is 0. The van der Waals surface area contributed by atoms with Gasteiger partial charge in [-0.2, -0.15) is 0 Å². The number of unbranched alkanes of at least 4 members (excludes halogenated alkanes) is 13. The lowest BCUT2D eigenvalue weighted by Crippen LogP contribution is -2.42. The van der Waals surface area contributed by atoms with Gasteiger partial charge in [-0.1, -0.05) is 156 Å². The van der Waals surface area contributed by atoms with Crippen LogP contribution in [0.5, 0.6) is 5.75 Å². The molecule has 1 aromatic carbocycles. The lowest BCUT2D eigenvalue weighted by atomic mass is 9.81. The van der Waals surface area contributed by atoms with E-state index in [-0.39, 0.29) is 12.6 Å². The summed E-state index contributed by atoms with van der Waals surface area (Å²) in [5.41, 5.74) is 0.460. The van der Waals surface area contributed by atoms with Gasteiger partial charge in [0.2, 0.25) is 0 Å². The summed E-state index contributed by atoms with van der Waals surface area (Å²) in [5.74, 6) is 1.57. The zero-order chi connectivity index (χ0) is 38.0. The highest BCUT2D eigenvalue weighted by atomic mass is 16.5. The van der Waals surface area contributed by atoms with Crippen molar-refractivity contribution in [3.05, 3.63) is 42.0 Å². The minimum Gasteiger partial charge on any atom is -0.497 e. The zero-order valence-electron chi connectivity index (χ0n) is 34.9. The smallest absolute Gasteiger partial charge is 0.330 e. The Labute approximate surface area is 321 Å². The third kappa shape index (κ3) is 24.4. The van der Waals surface area contributed by atoms with Crippen molar-refractivity contribution in [1.82, 2.24) is 0 Å². The summed E-state index contributed by atoms with van der Waals surface area (Å²) in [4.78, 5) is 13.4. The molecular formula is C46H82O6. The molecule has 0 aliphatic heterocycles. The third-order valence-corrected chi connectivity index (χ3v) is 10.3. The number of hydrogen-bond donors (Lipinski definition) is 0. The fourth-order valence-electron chi connectivity index (χ4n) is 6.81. The minimum atomic E-state index is -0.604. The van der Waals surface area contributed by atoms with Gasteiger partial charge in [-0.3, -0.25) is 0 Å². The Morgan fingerprint density at radius 3 is 1.60 bits per heavy atom. The van der Waals surface area contributed by atoms with Crippen LogP contribution >= 0.6 is 0 Å². The van der Waals surface area contributed by atoms with E-state index in [9.17, 15) is 4.79 Å². The molecule has 0 fully saturated rings. The van der Waals surface area contributed by atoms with E-state index in [0.717, 1.165) is 30.6 Å². The summed E-state index contributed by atoms with van der Waals surface area (Å²) < 4.78 is 30.5. The SMILES string of the molecule is CCCCCCCCOCC(COCCCCCCCC)(COCc1ccc(OC)cc1)COC(=O)C=CC(CCCC)C(CCCC)CCCC.